The van der Waals surface area contributed by atoms with E-state index in [-0.39, 0.29) is 0 Å². The number of hydrogen-bond acceptors (Lipinski definition) is 4. The fourth-order valence-corrected chi connectivity index (χ4v) is 2.45. The molecule has 0 spiro atoms. The van der Waals surface area contributed by atoms with Crippen molar-refractivity contribution < 1.29 is 0 Å². The van der Waals surface area contributed by atoms with Gasteiger partial charge in [0.25, 0.3) is 0 Å². The summed E-state index contributed by atoms with van der Waals surface area (Å²) in [7, 11) is 2.00. The predicted octanol–water partition coefficient (Wildman–Crippen LogP) is 2.33. The van der Waals surface area contributed by atoms with Crippen molar-refractivity contribution in [1.82, 2.24) is 10.3 Å². The maximum Gasteiger partial charge on any atom is 0.0378 e. The van der Waals surface area contributed by atoms with E-state index in [1.807, 2.05) is 31.1 Å². The van der Waals surface area contributed by atoms with E-state index in [4.69, 9.17) is 5.73 Å². The molecule has 1 aromatic heterocycles. The zero-order valence-electron chi connectivity index (χ0n) is 11.2. The van der Waals surface area contributed by atoms with Crippen molar-refractivity contribution >= 4 is 17.4 Å². The van der Waals surface area contributed by atoms with Gasteiger partial charge in [-0.25, -0.2) is 0 Å². The summed E-state index contributed by atoms with van der Waals surface area (Å²) in [5, 5.41) is 3.35. The molecule has 1 atom stereocenters. The van der Waals surface area contributed by atoms with Gasteiger partial charge in [0.15, 0.2) is 0 Å². The molecule has 0 amide bonds. The van der Waals surface area contributed by atoms with Gasteiger partial charge in [-0.1, -0.05) is 20.8 Å². The van der Waals surface area contributed by atoms with Crippen LogP contribution in [0, 0.1) is 0 Å². The number of nitrogens with one attached hydrogen (secondary N) is 1. The molecule has 0 saturated carbocycles. The van der Waals surface area contributed by atoms with Gasteiger partial charge < -0.3 is 11.1 Å². The summed E-state index contributed by atoms with van der Waals surface area (Å²) in [4.78, 5) is 4.13. The highest BCUT2D eigenvalue weighted by atomic mass is 32.2. The standard InChI is InChI=1S/C13H23N3S/c1-13(2,3)17-9-11(15-4)7-10-8-16-6-5-12(10)14/h5-6,8,11,15H,7,9H2,1-4H3,(H2,14,16). The maximum absolute atomic E-state index is 5.93. The van der Waals surface area contributed by atoms with E-state index >= 15 is 0 Å². The highest BCUT2D eigenvalue weighted by Crippen LogP contribution is 2.24. The number of rotatable bonds is 5. The first-order chi connectivity index (χ1) is 7.92. The van der Waals surface area contributed by atoms with Crippen molar-refractivity contribution in [2.24, 2.45) is 0 Å². The normalized spacial score (nSPS) is 13.6. The minimum atomic E-state index is 0.301. The van der Waals surface area contributed by atoms with Crippen molar-refractivity contribution in [1.29, 1.82) is 0 Å². The van der Waals surface area contributed by atoms with Crippen molar-refractivity contribution in [3.05, 3.63) is 24.0 Å². The number of aromatic nitrogens is 1. The lowest BCUT2D eigenvalue weighted by Gasteiger charge is -2.23. The molecule has 1 rings (SSSR count). The van der Waals surface area contributed by atoms with E-state index in [2.05, 4.69) is 31.1 Å². The van der Waals surface area contributed by atoms with Crippen LogP contribution in [0.5, 0.6) is 0 Å². The highest BCUT2D eigenvalue weighted by molar-refractivity contribution is 8.00. The molecule has 96 valence electrons. The van der Waals surface area contributed by atoms with Crippen molar-refractivity contribution in [3.8, 4) is 0 Å². The van der Waals surface area contributed by atoms with Gasteiger partial charge in [0.2, 0.25) is 0 Å². The average molecular weight is 253 g/mol. The van der Waals surface area contributed by atoms with Gasteiger partial charge in [-0.15, -0.1) is 0 Å². The van der Waals surface area contributed by atoms with E-state index in [9.17, 15) is 0 Å². The molecule has 0 aliphatic rings. The number of likely N-dealkylation sites (N-methyl/N-ethyl adjacent to an activating group) is 1. The number of pyridine rings is 1. The lowest BCUT2D eigenvalue weighted by Crippen LogP contribution is -2.32. The fourth-order valence-electron chi connectivity index (χ4n) is 1.47. The molecular formula is C13H23N3S. The van der Waals surface area contributed by atoms with Crippen LogP contribution in [0.2, 0.25) is 0 Å². The minimum absolute atomic E-state index is 0.301. The van der Waals surface area contributed by atoms with E-state index in [1.165, 1.54) is 0 Å². The number of hydrogen-bond donors (Lipinski definition) is 2. The van der Waals surface area contributed by atoms with Crippen LogP contribution in [0.1, 0.15) is 26.3 Å². The molecule has 1 aromatic rings. The van der Waals surface area contributed by atoms with Crippen LogP contribution in [0.4, 0.5) is 5.69 Å². The molecule has 0 bridgehead atoms. The number of nitrogens with two attached hydrogens (primary N) is 1. The first-order valence-electron chi connectivity index (χ1n) is 5.92. The number of nitrogens with zero attached hydrogens (tertiary/aromatic N) is 1. The Bertz CT molecular complexity index is 347. The summed E-state index contributed by atoms with van der Waals surface area (Å²) < 4.78 is 0.301. The third-order valence-corrected chi connectivity index (χ3v) is 3.97. The third-order valence-electron chi connectivity index (χ3n) is 2.53. The zero-order chi connectivity index (χ0) is 12.9. The van der Waals surface area contributed by atoms with Crippen LogP contribution in [-0.2, 0) is 6.42 Å². The SMILES string of the molecule is CNC(CSC(C)(C)C)Cc1cnccc1N. The Morgan fingerprint density at radius 2 is 2.18 bits per heavy atom. The smallest absolute Gasteiger partial charge is 0.0378 e. The van der Waals surface area contributed by atoms with Crippen LogP contribution in [0.3, 0.4) is 0 Å². The predicted molar refractivity (Wildman–Crippen MR) is 77.4 cm³/mol. The fraction of sp³-hybridized carbons (Fsp3) is 0.615. The number of thioether (sulfide) groups is 1. The molecule has 1 unspecified atom stereocenters. The summed E-state index contributed by atoms with van der Waals surface area (Å²) in [5.74, 6) is 1.08. The molecule has 0 aromatic carbocycles. The van der Waals surface area contributed by atoms with Gasteiger partial charge in [-0.2, -0.15) is 11.8 Å². The third kappa shape index (κ3) is 5.41. The Balaban J connectivity index is 2.56. The zero-order valence-corrected chi connectivity index (χ0v) is 12.0. The second-order valence-electron chi connectivity index (χ2n) is 5.19. The first-order valence-corrected chi connectivity index (χ1v) is 6.90. The maximum atomic E-state index is 5.93. The van der Waals surface area contributed by atoms with Crippen LogP contribution < -0.4 is 11.1 Å². The summed E-state index contributed by atoms with van der Waals surface area (Å²) in [6.07, 6.45) is 4.53. The molecule has 0 aliphatic carbocycles. The molecular weight excluding hydrogens is 230 g/mol. The Hall–Kier alpha value is -0.740. The molecule has 0 saturated heterocycles. The second-order valence-corrected chi connectivity index (χ2v) is 7.03. The first kappa shape index (κ1) is 14.3. The second kappa shape index (κ2) is 6.26. The molecule has 0 fully saturated rings. The van der Waals surface area contributed by atoms with Crippen LogP contribution in [0.25, 0.3) is 0 Å². The number of nitrogen functional groups attached to an aromatic ring is 1. The summed E-state index contributed by atoms with van der Waals surface area (Å²) >= 11 is 1.97. The largest absolute Gasteiger partial charge is 0.398 e. The van der Waals surface area contributed by atoms with Crippen molar-refractivity contribution in [2.45, 2.75) is 38.0 Å². The topological polar surface area (TPSA) is 50.9 Å². The lowest BCUT2D eigenvalue weighted by atomic mass is 10.1. The van der Waals surface area contributed by atoms with Gasteiger partial charge in [0.1, 0.15) is 0 Å². The Labute approximate surface area is 109 Å². The van der Waals surface area contributed by atoms with E-state index in [1.54, 1.807) is 6.20 Å². The quantitative estimate of drug-likeness (QED) is 0.845. The highest BCUT2D eigenvalue weighted by Gasteiger charge is 2.15. The average Bonchev–Trinajstić information content (AvgIpc) is 2.25. The monoisotopic (exact) mass is 253 g/mol. The molecule has 17 heavy (non-hydrogen) atoms. The van der Waals surface area contributed by atoms with Gasteiger partial charge in [-0.3, -0.25) is 4.98 Å². The van der Waals surface area contributed by atoms with Gasteiger partial charge >= 0.3 is 0 Å². The van der Waals surface area contributed by atoms with E-state index < -0.39 is 0 Å². The molecule has 3 nitrogen and oxygen atoms in total. The summed E-state index contributed by atoms with van der Waals surface area (Å²) in [6, 6.07) is 2.30. The van der Waals surface area contributed by atoms with Gasteiger partial charge in [0, 0.05) is 34.6 Å². The summed E-state index contributed by atoms with van der Waals surface area (Å²) in [6.45, 7) is 6.72. The number of anilines is 1. The molecule has 1 heterocycles. The van der Waals surface area contributed by atoms with Crippen LogP contribution in [-0.4, -0.2) is 28.6 Å². The Kier molecular flexibility index (Phi) is 5.28. The molecule has 4 heteroatoms. The minimum Gasteiger partial charge on any atom is -0.398 e. The van der Waals surface area contributed by atoms with Crippen molar-refractivity contribution in [2.75, 3.05) is 18.5 Å². The van der Waals surface area contributed by atoms with Gasteiger partial charge in [0.05, 0.1) is 0 Å². The molecule has 0 radical (unpaired) electrons. The van der Waals surface area contributed by atoms with Crippen LogP contribution in [0.15, 0.2) is 18.5 Å². The van der Waals surface area contributed by atoms with E-state index in [0.29, 0.717) is 10.8 Å². The summed E-state index contributed by atoms with van der Waals surface area (Å²) in [5.41, 5.74) is 7.89. The van der Waals surface area contributed by atoms with E-state index in [0.717, 1.165) is 23.4 Å². The van der Waals surface area contributed by atoms with Crippen LogP contribution >= 0.6 is 11.8 Å². The lowest BCUT2D eigenvalue weighted by molar-refractivity contribution is 0.613. The Morgan fingerprint density at radius 1 is 1.47 bits per heavy atom. The molecule has 0 aliphatic heterocycles. The Morgan fingerprint density at radius 3 is 2.71 bits per heavy atom. The van der Waals surface area contributed by atoms with Crippen molar-refractivity contribution in [3.63, 3.8) is 0 Å². The molecule has 3 N–H and O–H groups in total. The van der Waals surface area contributed by atoms with Gasteiger partial charge in [-0.05, 0) is 25.1 Å².